The molecule has 0 aliphatic heterocycles. The van der Waals surface area contributed by atoms with E-state index in [1.807, 2.05) is 13.8 Å². The molecule has 1 atom stereocenters. The van der Waals surface area contributed by atoms with Crippen LogP contribution in [-0.4, -0.2) is 28.6 Å². The molecule has 0 saturated heterocycles. The molecule has 0 aliphatic rings. The fourth-order valence-electron chi connectivity index (χ4n) is 1.88. The van der Waals surface area contributed by atoms with E-state index in [1.54, 1.807) is 18.2 Å². The molecule has 6 nitrogen and oxygen atoms in total. The molecule has 2 N–H and O–H groups in total. The van der Waals surface area contributed by atoms with Gasteiger partial charge in [-0.25, -0.2) is 0 Å². The Labute approximate surface area is 123 Å². The van der Waals surface area contributed by atoms with Crippen LogP contribution in [0.3, 0.4) is 0 Å². The summed E-state index contributed by atoms with van der Waals surface area (Å²) in [6.45, 7) is 3.93. The van der Waals surface area contributed by atoms with Crippen LogP contribution in [0.25, 0.3) is 6.08 Å². The number of carbonyl (C=O) groups excluding carboxylic acids is 1. The van der Waals surface area contributed by atoms with Gasteiger partial charge in [0.05, 0.1) is 17.6 Å². The predicted molar refractivity (Wildman–Crippen MR) is 80.6 cm³/mol. The number of amides is 1. The average Bonchev–Trinajstić information content (AvgIpc) is 2.44. The van der Waals surface area contributed by atoms with Gasteiger partial charge in [-0.15, -0.1) is 0 Å². The number of nitrogens with one attached hydrogen (secondary N) is 1. The molecule has 0 heterocycles. The van der Waals surface area contributed by atoms with Crippen molar-refractivity contribution >= 4 is 17.7 Å². The number of nitro groups is 1. The van der Waals surface area contributed by atoms with E-state index in [0.717, 1.165) is 0 Å². The first kappa shape index (κ1) is 16.8. The highest BCUT2D eigenvalue weighted by atomic mass is 16.6. The van der Waals surface area contributed by atoms with E-state index in [2.05, 4.69) is 5.32 Å². The minimum atomic E-state index is -0.474. The maximum atomic E-state index is 11.7. The number of hydrogen-bond acceptors (Lipinski definition) is 4. The van der Waals surface area contributed by atoms with Crippen LogP contribution in [0.4, 0.5) is 5.69 Å². The summed E-state index contributed by atoms with van der Waals surface area (Å²) in [5, 5.41) is 22.4. The summed E-state index contributed by atoms with van der Waals surface area (Å²) in [6, 6.07) is 5.64. The molecule has 1 rings (SSSR count). The Hall–Kier alpha value is -2.21. The lowest BCUT2D eigenvalue weighted by atomic mass is 10.0. The summed E-state index contributed by atoms with van der Waals surface area (Å²) < 4.78 is 0. The van der Waals surface area contributed by atoms with Crippen LogP contribution < -0.4 is 5.32 Å². The number of aliphatic hydroxyl groups excluding tert-OH is 1. The van der Waals surface area contributed by atoms with E-state index >= 15 is 0 Å². The highest BCUT2D eigenvalue weighted by molar-refractivity contribution is 5.91. The first-order chi connectivity index (χ1) is 9.92. The number of hydrogen-bond donors (Lipinski definition) is 2. The molecule has 0 fully saturated rings. The van der Waals surface area contributed by atoms with Crippen molar-refractivity contribution in [2.24, 2.45) is 5.92 Å². The predicted octanol–water partition coefficient (Wildman–Crippen LogP) is 2.13. The highest BCUT2D eigenvalue weighted by Crippen LogP contribution is 2.12. The third kappa shape index (κ3) is 6.18. The SMILES string of the molecule is CC(C)CC(CO)NC(=O)C=Cc1ccc([N+](=O)[O-])cc1. The van der Waals surface area contributed by atoms with Crippen molar-refractivity contribution < 1.29 is 14.8 Å². The van der Waals surface area contributed by atoms with Gasteiger partial charge in [0.2, 0.25) is 5.91 Å². The summed E-state index contributed by atoms with van der Waals surface area (Å²) in [6.07, 6.45) is 3.63. The van der Waals surface area contributed by atoms with Gasteiger partial charge in [-0.1, -0.05) is 13.8 Å². The molecule has 6 heteroatoms. The third-order valence-electron chi connectivity index (χ3n) is 2.85. The van der Waals surface area contributed by atoms with Crippen molar-refractivity contribution in [1.29, 1.82) is 0 Å². The van der Waals surface area contributed by atoms with Crippen molar-refractivity contribution in [1.82, 2.24) is 5.32 Å². The maximum absolute atomic E-state index is 11.7. The Kier molecular flexibility index (Phi) is 6.55. The number of nitrogens with zero attached hydrogens (tertiary/aromatic N) is 1. The third-order valence-corrected chi connectivity index (χ3v) is 2.85. The van der Waals surface area contributed by atoms with Crippen molar-refractivity contribution in [3.63, 3.8) is 0 Å². The van der Waals surface area contributed by atoms with E-state index in [1.165, 1.54) is 18.2 Å². The summed E-state index contributed by atoms with van der Waals surface area (Å²) in [5.74, 6) is 0.0779. The number of benzene rings is 1. The van der Waals surface area contributed by atoms with E-state index in [0.29, 0.717) is 17.9 Å². The Morgan fingerprint density at radius 2 is 2.00 bits per heavy atom. The average molecular weight is 292 g/mol. The molecule has 1 unspecified atom stereocenters. The van der Waals surface area contributed by atoms with Crippen molar-refractivity contribution in [2.75, 3.05) is 6.61 Å². The van der Waals surface area contributed by atoms with Gasteiger partial charge in [0, 0.05) is 18.2 Å². The number of non-ortho nitro benzene ring substituents is 1. The van der Waals surface area contributed by atoms with Gasteiger partial charge in [0.1, 0.15) is 0 Å². The molecular formula is C15H20N2O4. The molecule has 1 aromatic carbocycles. The van der Waals surface area contributed by atoms with Crippen molar-refractivity contribution in [3.8, 4) is 0 Å². The molecular weight excluding hydrogens is 272 g/mol. The van der Waals surface area contributed by atoms with Gasteiger partial charge in [0.15, 0.2) is 0 Å². The fourth-order valence-corrected chi connectivity index (χ4v) is 1.88. The van der Waals surface area contributed by atoms with Gasteiger partial charge >= 0.3 is 0 Å². The molecule has 114 valence electrons. The van der Waals surface area contributed by atoms with Gasteiger partial charge in [-0.05, 0) is 36.1 Å². The second-order valence-electron chi connectivity index (χ2n) is 5.20. The first-order valence-electron chi connectivity index (χ1n) is 6.76. The molecule has 1 amide bonds. The number of rotatable bonds is 7. The monoisotopic (exact) mass is 292 g/mol. The first-order valence-corrected chi connectivity index (χ1v) is 6.76. The van der Waals surface area contributed by atoms with E-state index in [-0.39, 0.29) is 24.2 Å². The summed E-state index contributed by atoms with van der Waals surface area (Å²) >= 11 is 0. The minimum absolute atomic E-state index is 0.00822. The number of carbonyl (C=O) groups is 1. The quantitative estimate of drug-likeness (QED) is 0.457. The minimum Gasteiger partial charge on any atom is -0.394 e. The van der Waals surface area contributed by atoms with Gasteiger partial charge < -0.3 is 10.4 Å². The molecule has 0 aliphatic carbocycles. The van der Waals surface area contributed by atoms with E-state index in [9.17, 15) is 20.0 Å². The lowest BCUT2D eigenvalue weighted by molar-refractivity contribution is -0.384. The lowest BCUT2D eigenvalue weighted by Crippen LogP contribution is -2.37. The Morgan fingerprint density at radius 1 is 1.38 bits per heavy atom. The van der Waals surface area contributed by atoms with Crippen LogP contribution in [0.2, 0.25) is 0 Å². The van der Waals surface area contributed by atoms with Gasteiger partial charge in [-0.3, -0.25) is 14.9 Å². The molecule has 0 saturated carbocycles. The van der Waals surface area contributed by atoms with Crippen LogP contribution in [-0.2, 0) is 4.79 Å². The molecule has 0 aromatic heterocycles. The van der Waals surface area contributed by atoms with Crippen molar-refractivity contribution in [3.05, 3.63) is 46.0 Å². The Bertz CT molecular complexity index is 509. The lowest BCUT2D eigenvalue weighted by Gasteiger charge is -2.17. The van der Waals surface area contributed by atoms with E-state index in [4.69, 9.17) is 0 Å². The summed E-state index contributed by atoms with van der Waals surface area (Å²) in [5.41, 5.74) is 0.703. The molecule has 1 aromatic rings. The second-order valence-corrected chi connectivity index (χ2v) is 5.20. The zero-order valence-corrected chi connectivity index (χ0v) is 12.2. The zero-order valence-electron chi connectivity index (χ0n) is 12.2. The standard InChI is InChI=1S/C15H20N2O4/c1-11(2)9-13(10-18)16-15(19)8-5-12-3-6-14(7-4-12)17(20)21/h3-8,11,13,18H,9-10H2,1-2H3,(H,16,19). The normalized spacial score (nSPS) is 12.6. The molecule has 0 spiro atoms. The number of aliphatic hydroxyl groups is 1. The van der Waals surface area contributed by atoms with Crippen LogP contribution in [0.1, 0.15) is 25.8 Å². The van der Waals surface area contributed by atoms with Crippen LogP contribution >= 0.6 is 0 Å². The highest BCUT2D eigenvalue weighted by Gasteiger charge is 2.11. The van der Waals surface area contributed by atoms with Gasteiger partial charge in [0.25, 0.3) is 5.69 Å². The second kappa shape index (κ2) is 8.16. The van der Waals surface area contributed by atoms with Gasteiger partial charge in [-0.2, -0.15) is 0 Å². The largest absolute Gasteiger partial charge is 0.394 e. The molecule has 0 radical (unpaired) electrons. The zero-order chi connectivity index (χ0) is 15.8. The topological polar surface area (TPSA) is 92.5 Å². The molecule has 0 bridgehead atoms. The Morgan fingerprint density at radius 3 is 2.48 bits per heavy atom. The van der Waals surface area contributed by atoms with Crippen LogP contribution in [0.5, 0.6) is 0 Å². The molecule has 21 heavy (non-hydrogen) atoms. The number of nitro benzene ring substituents is 1. The Balaban J connectivity index is 2.58. The summed E-state index contributed by atoms with van der Waals surface area (Å²) in [4.78, 5) is 21.8. The fraction of sp³-hybridized carbons (Fsp3) is 0.400. The van der Waals surface area contributed by atoms with Crippen LogP contribution in [0, 0.1) is 16.0 Å². The van der Waals surface area contributed by atoms with E-state index < -0.39 is 4.92 Å². The van der Waals surface area contributed by atoms with Crippen molar-refractivity contribution in [2.45, 2.75) is 26.3 Å². The van der Waals surface area contributed by atoms with Crippen LogP contribution in [0.15, 0.2) is 30.3 Å². The maximum Gasteiger partial charge on any atom is 0.269 e. The summed E-state index contributed by atoms with van der Waals surface area (Å²) in [7, 11) is 0. The smallest absolute Gasteiger partial charge is 0.269 e.